The average molecular weight is 182 g/mol. The molecule has 0 saturated carbocycles. The first-order valence-corrected chi connectivity index (χ1v) is 3.68. The van der Waals surface area contributed by atoms with Crippen LogP contribution in [0.2, 0.25) is 0 Å². The van der Waals surface area contributed by atoms with E-state index in [1.54, 1.807) is 18.5 Å². The normalized spacial score (nSPS) is 10.4. The van der Waals surface area contributed by atoms with Crippen molar-refractivity contribution in [2.45, 2.75) is 0 Å². The van der Waals surface area contributed by atoms with Crippen molar-refractivity contribution in [3.05, 3.63) is 30.3 Å². The van der Waals surface area contributed by atoms with Crippen LogP contribution in [0.1, 0.15) is 10.4 Å². The fourth-order valence-electron chi connectivity index (χ4n) is 1.03. The van der Waals surface area contributed by atoms with Crippen LogP contribution in [0.3, 0.4) is 0 Å². The van der Waals surface area contributed by atoms with Gasteiger partial charge in [-0.05, 0) is 17.7 Å². The van der Waals surface area contributed by atoms with Crippen molar-refractivity contribution in [3.8, 4) is 0 Å². The van der Waals surface area contributed by atoms with E-state index < -0.39 is 5.24 Å². The predicted octanol–water partition coefficient (Wildman–Crippen LogP) is 2.21. The van der Waals surface area contributed by atoms with Crippen molar-refractivity contribution in [1.82, 2.24) is 4.98 Å². The highest BCUT2D eigenvalue weighted by Crippen LogP contribution is 2.20. The Labute approximate surface area is 73.0 Å². The van der Waals surface area contributed by atoms with E-state index in [4.69, 9.17) is 16.0 Å². The first-order valence-electron chi connectivity index (χ1n) is 3.30. The Morgan fingerprint density at radius 2 is 2.42 bits per heavy atom. The molecule has 0 unspecified atom stereocenters. The van der Waals surface area contributed by atoms with E-state index in [1.165, 1.54) is 6.26 Å². The number of halogens is 1. The predicted molar refractivity (Wildman–Crippen MR) is 44.2 cm³/mol. The van der Waals surface area contributed by atoms with Gasteiger partial charge in [-0.3, -0.25) is 9.78 Å². The molecule has 0 aliphatic carbocycles. The summed E-state index contributed by atoms with van der Waals surface area (Å²) in [5.74, 6) is 0. The van der Waals surface area contributed by atoms with Gasteiger partial charge in [0.1, 0.15) is 6.26 Å². The molecule has 0 amide bonds. The number of aromatic nitrogens is 1. The quantitative estimate of drug-likeness (QED) is 0.634. The molecule has 0 fully saturated rings. The third-order valence-corrected chi connectivity index (χ3v) is 1.79. The van der Waals surface area contributed by atoms with E-state index in [9.17, 15) is 4.79 Å². The molecule has 2 aromatic heterocycles. The Balaban J connectivity index is 2.79. The van der Waals surface area contributed by atoms with Gasteiger partial charge in [-0.2, -0.15) is 0 Å². The van der Waals surface area contributed by atoms with Crippen LogP contribution in [-0.4, -0.2) is 10.2 Å². The van der Waals surface area contributed by atoms with Gasteiger partial charge >= 0.3 is 0 Å². The summed E-state index contributed by atoms with van der Waals surface area (Å²) >= 11 is 5.30. The molecule has 0 bridgehead atoms. The lowest BCUT2D eigenvalue weighted by atomic mass is 10.2. The summed E-state index contributed by atoms with van der Waals surface area (Å²) in [6, 6.07) is 1.69. The van der Waals surface area contributed by atoms with Crippen LogP contribution in [0.25, 0.3) is 11.0 Å². The van der Waals surface area contributed by atoms with Crippen molar-refractivity contribution in [2.75, 3.05) is 0 Å². The van der Waals surface area contributed by atoms with Gasteiger partial charge in [0.2, 0.25) is 0 Å². The lowest BCUT2D eigenvalue weighted by molar-refractivity contribution is 0.108. The Bertz CT molecular complexity index is 435. The maximum Gasteiger partial charge on any atom is 0.256 e. The lowest BCUT2D eigenvalue weighted by Crippen LogP contribution is -1.84. The largest absolute Gasteiger partial charge is 0.462 e. The number of pyridine rings is 1. The first-order chi connectivity index (χ1) is 5.79. The molecule has 4 heteroatoms. The van der Waals surface area contributed by atoms with Crippen molar-refractivity contribution in [2.24, 2.45) is 0 Å². The SMILES string of the molecule is O=C(Cl)c1coc2cnccc12. The number of carbonyl (C=O) groups is 1. The number of rotatable bonds is 1. The summed E-state index contributed by atoms with van der Waals surface area (Å²) in [7, 11) is 0. The molecule has 0 saturated heterocycles. The maximum absolute atomic E-state index is 10.8. The Morgan fingerprint density at radius 3 is 3.17 bits per heavy atom. The van der Waals surface area contributed by atoms with Crippen LogP contribution in [-0.2, 0) is 0 Å². The minimum atomic E-state index is -0.514. The number of hydrogen-bond donors (Lipinski definition) is 0. The molecule has 0 aromatic carbocycles. The molecule has 0 atom stereocenters. The van der Waals surface area contributed by atoms with E-state index in [-0.39, 0.29) is 0 Å². The Hall–Kier alpha value is -1.35. The summed E-state index contributed by atoms with van der Waals surface area (Å²) in [5.41, 5.74) is 0.954. The Kier molecular flexibility index (Phi) is 1.59. The highest BCUT2D eigenvalue weighted by Gasteiger charge is 2.10. The molecule has 12 heavy (non-hydrogen) atoms. The molecule has 60 valence electrons. The van der Waals surface area contributed by atoms with Crippen LogP contribution in [0.4, 0.5) is 0 Å². The third-order valence-electron chi connectivity index (χ3n) is 1.59. The number of furan rings is 1. The van der Waals surface area contributed by atoms with Crippen molar-refractivity contribution in [1.29, 1.82) is 0 Å². The van der Waals surface area contributed by atoms with Gasteiger partial charge in [0.25, 0.3) is 5.24 Å². The van der Waals surface area contributed by atoms with Crippen LogP contribution < -0.4 is 0 Å². The number of carbonyl (C=O) groups excluding carboxylic acids is 1. The van der Waals surface area contributed by atoms with Crippen molar-refractivity contribution >= 4 is 27.8 Å². The minimum Gasteiger partial charge on any atom is -0.462 e. The van der Waals surface area contributed by atoms with Gasteiger partial charge in [0.05, 0.1) is 11.8 Å². The van der Waals surface area contributed by atoms with Crippen LogP contribution in [0, 0.1) is 0 Å². The second kappa shape index (κ2) is 2.60. The van der Waals surface area contributed by atoms with Gasteiger partial charge in [0.15, 0.2) is 5.58 Å². The van der Waals surface area contributed by atoms with E-state index in [0.717, 1.165) is 0 Å². The second-order valence-electron chi connectivity index (χ2n) is 2.29. The molecule has 0 aliphatic heterocycles. The zero-order valence-electron chi connectivity index (χ0n) is 5.95. The zero-order chi connectivity index (χ0) is 8.55. The summed E-state index contributed by atoms with van der Waals surface area (Å²) in [6.45, 7) is 0. The second-order valence-corrected chi connectivity index (χ2v) is 2.64. The smallest absolute Gasteiger partial charge is 0.256 e. The van der Waals surface area contributed by atoms with Crippen molar-refractivity contribution in [3.63, 3.8) is 0 Å². The fraction of sp³-hybridized carbons (Fsp3) is 0. The summed E-state index contributed by atoms with van der Waals surface area (Å²) < 4.78 is 5.04. The van der Waals surface area contributed by atoms with E-state index in [0.29, 0.717) is 16.5 Å². The highest BCUT2D eigenvalue weighted by molar-refractivity contribution is 6.68. The first kappa shape index (κ1) is 7.31. The van der Waals surface area contributed by atoms with E-state index >= 15 is 0 Å². The average Bonchev–Trinajstić information content (AvgIpc) is 2.47. The molecule has 2 heterocycles. The van der Waals surface area contributed by atoms with Crippen molar-refractivity contribution < 1.29 is 9.21 Å². The molecule has 0 N–H and O–H groups in total. The van der Waals surface area contributed by atoms with Crippen LogP contribution in [0.15, 0.2) is 29.1 Å². The summed E-state index contributed by atoms with van der Waals surface area (Å²) in [4.78, 5) is 14.6. The molecule has 0 aliphatic rings. The van der Waals surface area contributed by atoms with E-state index in [1.807, 2.05) is 0 Å². The molecule has 0 radical (unpaired) electrons. The minimum absolute atomic E-state index is 0.383. The lowest BCUT2D eigenvalue weighted by Gasteiger charge is -1.86. The van der Waals surface area contributed by atoms with E-state index in [2.05, 4.69) is 4.98 Å². The number of nitrogens with zero attached hydrogens (tertiary/aromatic N) is 1. The number of fused-ring (bicyclic) bond motifs is 1. The standard InChI is InChI=1S/C8H4ClNO2/c9-8(11)6-4-12-7-3-10-2-1-5(6)7/h1-4H. The molecule has 0 spiro atoms. The fourth-order valence-corrected chi connectivity index (χ4v) is 1.18. The van der Waals surface area contributed by atoms with Gasteiger partial charge in [-0.15, -0.1) is 0 Å². The summed E-state index contributed by atoms with van der Waals surface area (Å²) in [5, 5.41) is 0.185. The maximum atomic E-state index is 10.8. The molecule has 2 rings (SSSR count). The van der Waals surface area contributed by atoms with Crippen LogP contribution >= 0.6 is 11.6 Å². The zero-order valence-corrected chi connectivity index (χ0v) is 6.71. The Morgan fingerprint density at radius 1 is 1.58 bits per heavy atom. The monoisotopic (exact) mass is 181 g/mol. The highest BCUT2D eigenvalue weighted by atomic mass is 35.5. The van der Waals surface area contributed by atoms with Gasteiger partial charge in [-0.1, -0.05) is 0 Å². The van der Waals surface area contributed by atoms with Crippen LogP contribution in [0.5, 0.6) is 0 Å². The van der Waals surface area contributed by atoms with Gasteiger partial charge in [0, 0.05) is 11.6 Å². The van der Waals surface area contributed by atoms with Gasteiger partial charge < -0.3 is 4.42 Å². The summed E-state index contributed by atoms with van der Waals surface area (Å²) in [6.07, 6.45) is 4.46. The topological polar surface area (TPSA) is 43.1 Å². The number of hydrogen-bond acceptors (Lipinski definition) is 3. The third kappa shape index (κ3) is 0.987. The molecule has 2 aromatic rings. The molecular formula is C8H4ClNO2. The molecule has 3 nitrogen and oxygen atoms in total. The van der Waals surface area contributed by atoms with Gasteiger partial charge in [-0.25, -0.2) is 0 Å². The molecular weight excluding hydrogens is 178 g/mol.